The van der Waals surface area contributed by atoms with Gasteiger partial charge in [-0.1, -0.05) is 56.3 Å². The van der Waals surface area contributed by atoms with Crippen LogP contribution in [0.3, 0.4) is 0 Å². The number of primary amides is 1. The highest BCUT2D eigenvalue weighted by Crippen LogP contribution is 2.41. The maximum Gasteiger partial charge on any atom is 0.337 e. The first-order chi connectivity index (χ1) is 11.5. The van der Waals surface area contributed by atoms with Crippen molar-refractivity contribution in [1.82, 2.24) is 10.6 Å². The van der Waals surface area contributed by atoms with Gasteiger partial charge in [0.25, 0.3) is 0 Å². The molecule has 0 aliphatic heterocycles. The van der Waals surface area contributed by atoms with E-state index < -0.39 is 11.8 Å². The number of rotatable bonds is 5. The molecule has 5 heteroatoms. The largest absolute Gasteiger partial charge is 0.464 e. The van der Waals surface area contributed by atoms with Crippen molar-refractivity contribution < 1.29 is 9.53 Å². The van der Waals surface area contributed by atoms with Crippen LogP contribution in [0.15, 0.2) is 54.6 Å². The molecule has 1 aliphatic rings. The summed E-state index contributed by atoms with van der Waals surface area (Å²) in [5.41, 5.74) is 6.54. The number of carbonyl (C=O) groups excluding carboxylic acids is 1. The standard InChI is InChI=1S/C19H22N3O2/c1-13(2)21-17-16-11-7-6-8-14(16)12-19(17,22-18(20)23)24-15-9-4-3-5-10-15/h3-11,13,17,21H,12H2,1-2H3,(H2,20,23). The Morgan fingerprint density at radius 1 is 1.21 bits per heavy atom. The molecule has 3 N–H and O–H groups in total. The second kappa shape index (κ2) is 6.53. The molecular weight excluding hydrogens is 302 g/mol. The SMILES string of the molecule is CC(C)NC1c2ccccc2CC1([N]C(N)=O)Oc1ccccc1. The minimum Gasteiger partial charge on any atom is -0.464 e. The number of nitrogens with two attached hydrogens (primary N) is 1. The van der Waals surface area contributed by atoms with E-state index in [0.29, 0.717) is 12.2 Å². The van der Waals surface area contributed by atoms with E-state index in [1.807, 2.05) is 54.6 Å². The van der Waals surface area contributed by atoms with Crippen LogP contribution < -0.4 is 21.1 Å². The average molecular weight is 324 g/mol. The number of benzene rings is 2. The van der Waals surface area contributed by atoms with Crippen LogP contribution in [0.1, 0.15) is 31.0 Å². The molecule has 0 aromatic heterocycles. The van der Waals surface area contributed by atoms with Gasteiger partial charge in [-0.2, -0.15) is 5.32 Å². The number of nitrogens with zero attached hydrogens (tertiary/aromatic N) is 1. The van der Waals surface area contributed by atoms with Gasteiger partial charge in [0.1, 0.15) is 5.75 Å². The van der Waals surface area contributed by atoms with Crippen molar-refractivity contribution in [3.63, 3.8) is 0 Å². The fourth-order valence-corrected chi connectivity index (χ4v) is 3.25. The van der Waals surface area contributed by atoms with Crippen LogP contribution in [0.25, 0.3) is 0 Å². The lowest BCUT2D eigenvalue weighted by Gasteiger charge is -2.36. The van der Waals surface area contributed by atoms with Crippen LogP contribution >= 0.6 is 0 Å². The first-order valence-electron chi connectivity index (χ1n) is 8.10. The number of fused-ring (bicyclic) bond motifs is 1. The van der Waals surface area contributed by atoms with Crippen molar-refractivity contribution in [2.75, 3.05) is 0 Å². The summed E-state index contributed by atoms with van der Waals surface area (Å²) < 4.78 is 6.24. The molecule has 0 heterocycles. The summed E-state index contributed by atoms with van der Waals surface area (Å²) in [4.78, 5) is 11.7. The summed E-state index contributed by atoms with van der Waals surface area (Å²) >= 11 is 0. The molecule has 2 amide bonds. The third kappa shape index (κ3) is 3.21. The van der Waals surface area contributed by atoms with E-state index in [4.69, 9.17) is 10.5 Å². The number of ether oxygens (including phenoxy) is 1. The highest BCUT2D eigenvalue weighted by Gasteiger charge is 2.51. The van der Waals surface area contributed by atoms with E-state index in [1.165, 1.54) is 0 Å². The first-order valence-corrected chi connectivity index (χ1v) is 8.10. The van der Waals surface area contributed by atoms with Crippen molar-refractivity contribution >= 4 is 6.03 Å². The Labute approximate surface area is 142 Å². The number of hydrogen-bond donors (Lipinski definition) is 2. The van der Waals surface area contributed by atoms with Crippen molar-refractivity contribution in [3.05, 3.63) is 65.7 Å². The fraction of sp³-hybridized carbons (Fsp3) is 0.316. The van der Waals surface area contributed by atoms with Crippen molar-refractivity contribution in [3.8, 4) is 5.75 Å². The Morgan fingerprint density at radius 3 is 2.54 bits per heavy atom. The quantitative estimate of drug-likeness (QED) is 0.887. The van der Waals surface area contributed by atoms with E-state index in [2.05, 4.69) is 24.5 Å². The van der Waals surface area contributed by atoms with E-state index in [9.17, 15) is 4.79 Å². The maximum absolute atomic E-state index is 11.7. The lowest BCUT2D eigenvalue weighted by atomic mass is 10.0. The van der Waals surface area contributed by atoms with Gasteiger partial charge in [-0.25, -0.2) is 4.79 Å². The molecular formula is C19H22N3O2. The monoisotopic (exact) mass is 324 g/mol. The van der Waals surface area contributed by atoms with Gasteiger partial charge in [-0.3, -0.25) is 0 Å². The number of urea groups is 1. The van der Waals surface area contributed by atoms with Crippen LogP contribution in [-0.4, -0.2) is 17.8 Å². The minimum atomic E-state index is -1.08. The normalized spacial score (nSPS) is 22.2. The Morgan fingerprint density at radius 2 is 1.88 bits per heavy atom. The van der Waals surface area contributed by atoms with Crippen LogP contribution in [0.5, 0.6) is 5.75 Å². The van der Waals surface area contributed by atoms with Gasteiger partial charge in [0.05, 0.1) is 6.04 Å². The smallest absolute Gasteiger partial charge is 0.337 e. The fourth-order valence-electron chi connectivity index (χ4n) is 3.25. The van der Waals surface area contributed by atoms with Gasteiger partial charge in [0.15, 0.2) is 0 Å². The van der Waals surface area contributed by atoms with Crippen molar-refractivity contribution in [2.24, 2.45) is 5.73 Å². The highest BCUT2D eigenvalue weighted by atomic mass is 16.5. The summed E-state index contributed by atoms with van der Waals surface area (Å²) in [7, 11) is 0. The van der Waals surface area contributed by atoms with Crippen LogP contribution in [0.4, 0.5) is 4.79 Å². The van der Waals surface area contributed by atoms with Gasteiger partial charge in [-0.15, -0.1) is 0 Å². The van der Waals surface area contributed by atoms with Gasteiger partial charge in [-0.05, 0) is 23.3 Å². The number of hydrogen-bond acceptors (Lipinski definition) is 3. The second-order valence-corrected chi connectivity index (χ2v) is 6.34. The zero-order valence-electron chi connectivity index (χ0n) is 13.9. The maximum atomic E-state index is 11.7. The third-order valence-electron chi connectivity index (χ3n) is 4.10. The van der Waals surface area contributed by atoms with E-state index >= 15 is 0 Å². The van der Waals surface area contributed by atoms with Gasteiger partial charge < -0.3 is 15.8 Å². The van der Waals surface area contributed by atoms with Crippen LogP contribution in [0.2, 0.25) is 0 Å². The Balaban J connectivity index is 2.04. The molecule has 2 unspecified atom stereocenters. The summed E-state index contributed by atoms with van der Waals surface area (Å²) in [5, 5.41) is 7.69. The molecule has 0 bridgehead atoms. The molecule has 5 nitrogen and oxygen atoms in total. The molecule has 0 saturated carbocycles. The molecule has 2 aromatic rings. The topological polar surface area (TPSA) is 78.5 Å². The van der Waals surface area contributed by atoms with Crippen molar-refractivity contribution in [2.45, 2.75) is 38.1 Å². The van der Waals surface area contributed by atoms with Crippen LogP contribution in [-0.2, 0) is 6.42 Å². The molecule has 0 saturated heterocycles. The van der Waals surface area contributed by atoms with Gasteiger partial charge >= 0.3 is 6.03 Å². The molecule has 0 spiro atoms. The molecule has 24 heavy (non-hydrogen) atoms. The number of carbonyl (C=O) groups is 1. The van der Waals surface area contributed by atoms with Crippen LogP contribution in [0, 0.1) is 0 Å². The zero-order valence-corrected chi connectivity index (χ0v) is 13.9. The predicted octanol–water partition coefficient (Wildman–Crippen LogP) is 2.74. The summed E-state index contributed by atoms with van der Waals surface area (Å²) in [6.45, 7) is 4.11. The molecule has 1 aliphatic carbocycles. The first kappa shape index (κ1) is 16.3. The van der Waals surface area contributed by atoms with Crippen molar-refractivity contribution in [1.29, 1.82) is 0 Å². The molecule has 2 aromatic carbocycles. The summed E-state index contributed by atoms with van der Waals surface area (Å²) in [6, 6.07) is 16.7. The minimum absolute atomic E-state index is 0.197. The average Bonchev–Trinajstić information content (AvgIpc) is 2.80. The zero-order chi connectivity index (χ0) is 17.2. The number of para-hydroxylation sites is 1. The Hall–Kier alpha value is -2.53. The molecule has 3 rings (SSSR count). The third-order valence-corrected chi connectivity index (χ3v) is 4.10. The summed E-state index contributed by atoms with van der Waals surface area (Å²) in [5.74, 6) is 0.658. The molecule has 0 fully saturated rings. The lowest BCUT2D eigenvalue weighted by Crippen LogP contribution is -2.57. The summed E-state index contributed by atoms with van der Waals surface area (Å²) in [6.07, 6.45) is 0.491. The van der Waals surface area contributed by atoms with E-state index in [-0.39, 0.29) is 12.1 Å². The molecule has 2 atom stereocenters. The van der Waals surface area contributed by atoms with Gasteiger partial charge in [0, 0.05) is 12.5 Å². The Kier molecular flexibility index (Phi) is 4.44. The number of amides is 2. The molecule has 125 valence electrons. The second-order valence-electron chi connectivity index (χ2n) is 6.34. The predicted molar refractivity (Wildman–Crippen MR) is 92.7 cm³/mol. The molecule has 1 radical (unpaired) electrons. The number of nitrogens with one attached hydrogen (secondary N) is 1. The lowest BCUT2D eigenvalue weighted by molar-refractivity contribution is 0.0120. The van der Waals surface area contributed by atoms with E-state index in [0.717, 1.165) is 11.1 Å². The van der Waals surface area contributed by atoms with Gasteiger partial charge in [0.2, 0.25) is 5.72 Å². The highest BCUT2D eigenvalue weighted by molar-refractivity contribution is 5.72. The van der Waals surface area contributed by atoms with E-state index in [1.54, 1.807) is 0 Å². The Bertz CT molecular complexity index is 718.